The number of nitrogens with one attached hydrogen (secondary N) is 1. The third-order valence-corrected chi connectivity index (χ3v) is 6.47. The van der Waals surface area contributed by atoms with E-state index in [0.717, 1.165) is 48.7 Å². The second kappa shape index (κ2) is 7.92. The third-order valence-electron chi connectivity index (χ3n) is 4.53. The van der Waals surface area contributed by atoms with Crippen molar-refractivity contribution in [3.05, 3.63) is 34.1 Å². The lowest BCUT2D eigenvalue weighted by atomic mass is 10.2. The Hall–Kier alpha value is -1.33. The summed E-state index contributed by atoms with van der Waals surface area (Å²) in [5.74, 6) is -1.09. The first kappa shape index (κ1) is 20.0. The molecule has 0 spiro atoms. The van der Waals surface area contributed by atoms with Crippen LogP contribution in [0.4, 0.5) is 10.1 Å². The van der Waals surface area contributed by atoms with E-state index < -0.39 is 31.3 Å². The predicted molar refractivity (Wildman–Crippen MR) is 91.9 cm³/mol. The van der Waals surface area contributed by atoms with Crippen molar-refractivity contribution in [3.63, 3.8) is 0 Å². The Kier molecular flexibility index (Phi) is 6.33. The SMILES string of the molecule is Cl.O=[N+]([O-])c1cccc(F)c1S(=O)(=O)N1CCC(N2CCNCC2)C1. The van der Waals surface area contributed by atoms with Gasteiger partial charge in [0, 0.05) is 51.4 Å². The zero-order valence-corrected chi connectivity index (χ0v) is 15.1. The summed E-state index contributed by atoms with van der Waals surface area (Å²) in [5, 5.41) is 14.3. The summed E-state index contributed by atoms with van der Waals surface area (Å²) < 4.78 is 40.8. The largest absolute Gasteiger partial charge is 0.314 e. The highest BCUT2D eigenvalue weighted by Crippen LogP contribution is 2.31. The molecule has 3 rings (SSSR count). The highest BCUT2D eigenvalue weighted by Gasteiger charge is 2.40. The number of halogens is 2. The van der Waals surface area contributed by atoms with Gasteiger partial charge in [0.1, 0.15) is 5.82 Å². The maximum Gasteiger partial charge on any atom is 0.292 e. The Morgan fingerprint density at radius 2 is 1.92 bits per heavy atom. The Labute approximate surface area is 151 Å². The molecule has 0 amide bonds. The number of hydrogen-bond donors (Lipinski definition) is 1. The molecule has 2 aliphatic rings. The Morgan fingerprint density at radius 3 is 2.56 bits per heavy atom. The molecule has 25 heavy (non-hydrogen) atoms. The first-order valence-corrected chi connectivity index (χ1v) is 9.23. The summed E-state index contributed by atoms with van der Waals surface area (Å²) >= 11 is 0. The Bertz CT molecular complexity index is 742. The molecule has 0 saturated carbocycles. The summed E-state index contributed by atoms with van der Waals surface area (Å²) in [6.45, 7) is 3.83. The second-order valence-electron chi connectivity index (χ2n) is 5.94. The lowest BCUT2D eigenvalue weighted by Gasteiger charge is -2.32. The van der Waals surface area contributed by atoms with Crippen LogP contribution in [0, 0.1) is 15.9 Å². The van der Waals surface area contributed by atoms with Crippen molar-refractivity contribution < 1.29 is 17.7 Å². The fourth-order valence-corrected chi connectivity index (χ4v) is 4.99. The number of nitrogens with zero attached hydrogens (tertiary/aromatic N) is 3. The highest BCUT2D eigenvalue weighted by molar-refractivity contribution is 7.89. The van der Waals surface area contributed by atoms with E-state index >= 15 is 0 Å². The molecule has 0 bridgehead atoms. The highest BCUT2D eigenvalue weighted by atomic mass is 35.5. The zero-order valence-electron chi connectivity index (χ0n) is 13.4. The maximum absolute atomic E-state index is 14.1. The van der Waals surface area contributed by atoms with E-state index in [1.807, 2.05) is 0 Å². The van der Waals surface area contributed by atoms with Gasteiger partial charge < -0.3 is 5.32 Å². The topological polar surface area (TPSA) is 95.8 Å². The summed E-state index contributed by atoms with van der Waals surface area (Å²) in [4.78, 5) is 11.6. The molecule has 0 aliphatic carbocycles. The first-order valence-electron chi connectivity index (χ1n) is 7.79. The minimum atomic E-state index is -4.24. The fraction of sp³-hybridized carbons (Fsp3) is 0.571. The summed E-state index contributed by atoms with van der Waals surface area (Å²) in [5.41, 5.74) is -0.722. The lowest BCUT2D eigenvalue weighted by Crippen LogP contribution is -2.49. The molecular formula is C14H20ClFN4O4S. The lowest BCUT2D eigenvalue weighted by molar-refractivity contribution is -0.388. The van der Waals surface area contributed by atoms with Crippen LogP contribution in [-0.4, -0.2) is 67.9 Å². The fourth-order valence-electron chi connectivity index (χ4n) is 3.30. The van der Waals surface area contributed by atoms with Crippen molar-refractivity contribution in [2.24, 2.45) is 0 Å². The van der Waals surface area contributed by atoms with Crippen molar-refractivity contribution in [1.29, 1.82) is 0 Å². The van der Waals surface area contributed by atoms with E-state index in [-0.39, 0.29) is 31.5 Å². The summed E-state index contributed by atoms with van der Waals surface area (Å²) in [6.07, 6.45) is 0.640. The van der Waals surface area contributed by atoms with Crippen LogP contribution in [0.2, 0.25) is 0 Å². The molecule has 1 N–H and O–H groups in total. The molecular weight excluding hydrogens is 375 g/mol. The van der Waals surface area contributed by atoms with E-state index in [0.29, 0.717) is 6.42 Å². The van der Waals surface area contributed by atoms with E-state index in [1.165, 1.54) is 0 Å². The average Bonchev–Trinajstić information content (AvgIpc) is 3.06. The van der Waals surface area contributed by atoms with Gasteiger partial charge in [0.05, 0.1) is 4.92 Å². The molecule has 1 atom stereocenters. The van der Waals surface area contributed by atoms with Gasteiger partial charge in [-0.25, -0.2) is 12.8 Å². The Balaban J connectivity index is 0.00000225. The van der Waals surface area contributed by atoms with Crippen molar-refractivity contribution >= 4 is 28.1 Å². The van der Waals surface area contributed by atoms with Crippen molar-refractivity contribution in [1.82, 2.24) is 14.5 Å². The van der Waals surface area contributed by atoms with Gasteiger partial charge in [-0.2, -0.15) is 4.31 Å². The zero-order chi connectivity index (χ0) is 17.3. The third kappa shape index (κ3) is 3.93. The van der Waals surface area contributed by atoms with Crippen LogP contribution in [0.5, 0.6) is 0 Å². The van der Waals surface area contributed by atoms with Gasteiger partial charge in [0.25, 0.3) is 15.7 Å². The average molecular weight is 395 g/mol. The molecule has 2 fully saturated rings. The minimum Gasteiger partial charge on any atom is -0.314 e. The van der Waals surface area contributed by atoms with Crippen molar-refractivity contribution in [2.75, 3.05) is 39.3 Å². The number of hydrogen-bond acceptors (Lipinski definition) is 6. The van der Waals surface area contributed by atoms with E-state index in [9.17, 15) is 22.9 Å². The van der Waals surface area contributed by atoms with Gasteiger partial charge in [0.2, 0.25) is 0 Å². The van der Waals surface area contributed by atoms with Crippen LogP contribution in [-0.2, 0) is 10.0 Å². The van der Waals surface area contributed by atoms with Crippen LogP contribution in [0.25, 0.3) is 0 Å². The number of nitro groups is 1. The molecule has 1 aromatic rings. The second-order valence-corrected chi connectivity index (χ2v) is 7.81. The van der Waals surface area contributed by atoms with Gasteiger partial charge in [-0.1, -0.05) is 6.07 Å². The molecule has 11 heteroatoms. The number of piperazine rings is 1. The van der Waals surface area contributed by atoms with Gasteiger partial charge in [-0.3, -0.25) is 15.0 Å². The number of benzene rings is 1. The minimum absolute atomic E-state index is 0. The normalized spacial score (nSPS) is 22.5. The summed E-state index contributed by atoms with van der Waals surface area (Å²) in [7, 11) is -4.24. The van der Waals surface area contributed by atoms with E-state index in [2.05, 4.69) is 10.2 Å². The van der Waals surface area contributed by atoms with Crippen LogP contribution in [0.1, 0.15) is 6.42 Å². The molecule has 1 unspecified atom stereocenters. The molecule has 2 heterocycles. The van der Waals surface area contributed by atoms with Crippen LogP contribution < -0.4 is 5.32 Å². The molecule has 2 aliphatic heterocycles. The van der Waals surface area contributed by atoms with Crippen LogP contribution in [0.15, 0.2) is 23.1 Å². The first-order chi connectivity index (χ1) is 11.4. The molecule has 0 radical (unpaired) electrons. The predicted octanol–water partition coefficient (Wildman–Crippen LogP) is 0.824. The van der Waals surface area contributed by atoms with Crippen LogP contribution >= 0.6 is 12.4 Å². The smallest absolute Gasteiger partial charge is 0.292 e. The van der Waals surface area contributed by atoms with E-state index in [1.54, 1.807) is 0 Å². The van der Waals surface area contributed by atoms with Crippen molar-refractivity contribution in [3.8, 4) is 0 Å². The van der Waals surface area contributed by atoms with E-state index in [4.69, 9.17) is 0 Å². The molecule has 2 saturated heterocycles. The monoisotopic (exact) mass is 394 g/mol. The molecule has 0 aromatic heterocycles. The van der Waals surface area contributed by atoms with Crippen molar-refractivity contribution in [2.45, 2.75) is 17.4 Å². The van der Waals surface area contributed by atoms with Gasteiger partial charge in [0.15, 0.2) is 4.90 Å². The number of sulfonamides is 1. The standard InChI is InChI=1S/C14H19FN4O4S.ClH/c15-12-2-1-3-13(19(20)21)14(12)24(22,23)18-7-4-11(10-18)17-8-5-16-6-9-17;/h1-3,11,16H,4-10H2;1H. The quantitative estimate of drug-likeness (QED) is 0.600. The molecule has 140 valence electrons. The Morgan fingerprint density at radius 1 is 1.24 bits per heavy atom. The summed E-state index contributed by atoms with van der Waals surface area (Å²) in [6, 6.07) is 3.15. The maximum atomic E-state index is 14.1. The van der Waals surface area contributed by atoms with Gasteiger partial charge in [-0.15, -0.1) is 12.4 Å². The number of rotatable bonds is 4. The van der Waals surface area contributed by atoms with Crippen LogP contribution in [0.3, 0.4) is 0 Å². The molecule has 8 nitrogen and oxygen atoms in total. The van der Waals surface area contributed by atoms with Gasteiger partial charge in [-0.05, 0) is 12.5 Å². The van der Waals surface area contributed by atoms with Gasteiger partial charge >= 0.3 is 0 Å². The molecule has 1 aromatic carbocycles. The number of nitro benzene ring substituents is 1.